The van der Waals surface area contributed by atoms with Crippen LogP contribution in [-0.4, -0.2) is 35.0 Å². The fourth-order valence-corrected chi connectivity index (χ4v) is 0.270. The maximum Gasteiger partial charge on any atom is 0.359 e. The first-order valence-electron chi connectivity index (χ1n) is 2.17. The van der Waals surface area contributed by atoms with E-state index in [1.165, 1.54) is 0 Å². The summed E-state index contributed by atoms with van der Waals surface area (Å²) in [4.78, 5) is 23.8. The Balaban J connectivity index is 4.11. The summed E-state index contributed by atoms with van der Waals surface area (Å²) < 4.78 is 0. The van der Waals surface area contributed by atoms with Crippen LogP contribution >= 0.6 is 0 Å². The Morgan fingerprint density at radius 1 is 1.40 bits per heavy atom. The van der Waals surface area contributed by atoms with Crippen molar-refractivity contribution in [3.05, 3.63) is 0 Å². The second-order valence-electron chi connectivity index (χ2n) is 1.29. The van der Waals surface area contributed by atoms with Gasteiger partial charge in [-0.05, 0) is 0 Å². The molecule has 0 spiro atoms. The van der Waals surface area contributed by atoms with Gasteiger partial charge in [0.2, 0.25) is 0 Å². The van der Waals surface area contributed by atoms with Gasteiger partial charge in [0, 0.05) is 6.72 Å². The zero-order valence-corrected chi connectivity index (χ0v) is 4.85. The molecular formula is C4H5NO5. The lowest BCUT2D eigenvalue weighted by atomic mass is 10.4. The lowest BCUT2D eigenvalue weighted by Crippen LogP contribution is -2.30. The molecule has 0 heterocycles. The standard InChI is InChI=1S/C4H5NO5/c1-5-10-2(3(6)7)4(8)9/h2H,1H2,(H,6,7)(H,8,9). The number of carboxylic acids is 2. The fourth-order valence-electron chi connectivity index (χ4n) is 0.270. The number of carboxylic acid groups (broad SMARTS) is 2. The van der Waals surface area contributed by atoms with E-state index in [0.29, 0.717) is 0 Å². The molecule has 0 aromatic heterocycles. The quantitative estimate of drug-likeness (QED) is 0.307. The van der Waals surface area contributed by atoms with Gasteiger partial charge in [-0.2, -0.15) is 0 Å². The van der Waals surface area contributed by atoms with Gasteiger partial charge in [0.15, 0.2) is 0 Å². The zero-order chi connectivity index (χ0) is 8.15. The minimum Gasteiger partial charge on any atom is -0.478 e. The second-order valence-corrected chi connectivity index (χ2v) is 1.29. The molecule has 0 aromatic carbocycles. The lowest BCUT2D eigenvalue weighted by molar-refractivity contribution is -0.165. The molecule has 0 amide bonds. The van der Waals surface area contributed by atoms with Crippen LogP contribution in [0.1, 0.15) is 0 Å². The van der Waals surface area contributed by atoms with Crippen molar-refractivity contribution in [1.82, 2.24) is 0 Å². The summed E-state index contributed by atoms with van der Waals surface area (Å²) in [6.07, 6.45) is -1.96. The van der Waals surface area contributed by atoms with Gasteiger partial charge in [0.25, 0.3) is 0 Å². The van der Waals surface area contributed by atoms with Crippen molar-refractivity contribution >= 4 is 18.7 Å². The van der Waals surface area contributed by atoms with Crippen LogP contribution in [0.15, 0.2) is 5.16 Å². The number of hydrogen-bond acceptors (Lipinski definition) is 4. The van der Waals surface area contributed by atoms with E-state index >= 15 is 0 Å². The molecule has 0 aromatic rings. The van der Waals surface area contributed by atoms with Crippen LogP contribution in [-0.2, 0) is 14.4 Å². The number of nitrogens with zero attached hydrogens (tertiary/aromatic N) is 1. The average Bonchev–Trinajstić information content (AvgIpc) is 1.81. The van der Waals surface area contributed by atoms with E-state index in [-0.39, 0.29) is 0 Å². The monoisotopic (exact) mass is 147 g/mol. The summed E-state index contributed by atoms with van der Waals surface area (Å²) in [7, 11) is 0. The van der Waals surface area contributed by atoms with Crippen molar-refractivity contribution < 1.29 is 24.6 Å². The van der Waals surface area contributed by atoms with Crippen LogP contribution in [0.3, 0.4) is 0 Å². The van der Waals surface area contributed by atoms with Crippen molar-refractivity contribution in [2.45, 2.75) is 6.10 Å². The van der Waals surface area contributed by atoms with Crippen LogP contribution < -0.4 is 0 Å². The molecule has 6 heteroatoms. The summed E-state index contributed by atoms with van der Waals surface area (Å²) in [5.41, 5.74) is 0. The van der Waals surface area contributed by atoms with Crippen molar-refractivity contribution in [2.75, 3.05) is 0 Å². The van der Waals surface area contributed by atoms with Gasteiger partial charge in [0.05, 0.1) is 0 Å². The Bertz CT molecular complexity index is 151. The Kier molecular flexibility index (Phi) is 2.89. The Morgan fingerprint density at radius 2 is 1.80 bits per heavy atom. The third kappa shape index (κ3) is 2.12. The third-order valence-corrected chi connectivity index (χ3v) is 0.629. The van der Waals surface area contributed by atoms with Crippen molar-refractivity contribution in [3.8, 4) is 0 Å². The van der Waals surface area contributed by atoms with E-state index in [1.807, 2.05) is 0 Å². The van der Waals surface area contributed by atoms with Crippen LogP contribution in [0.4, 0.5) is 0 Å². The summed E-state index contributed by atoms with van der Waals surface area (Å²) in [6.45, 7) is 2.77. The highest BCUT2D eigenvalue weighted by Gasteiger charge is 2.27. The smallest absolute Gasteiger partial charge is 0.359 e. The zero-order valence-electron chi connectivity index (χ0n) is 4.85. The normalized spacial score (nSPS) is 8.90. The molecule has 0 fully saturated rings. The molecule has 0 saturated heterocycles. The number of aliphatic carboxylic acids is 2. The average molecular weight is 147 g/mol. The molecule has 0 aliphatic heterocycles. The minimum atomic E-state index is -1.96. The minimum absolute atomic E-state index is 1.61. The number of oxime groups is 1. The van der Waals surface area contributed by atoms with E-state index in [2.05, 4.69) is 16.7 Å². The number of hydrogen-bond donors (Lipinski definition) is 2. The van der Waals surface area contributed by atoms with Gasteiger partial charge < -0.3 is 15.1 Å². The van der Waals surface area contributed by atoms with E-state index in [0.717, 1.165) is 0 Å². The van der Waals surface area contributed by atoms with Crippen LogP contribution in [0.25, 0.3) is 0 Å². The molecule has 0 bridgehead atoms. The van der Waals surface area contributed by atoms with Gasteiger partial charge in [0.1, 0.15) is 0 Å². The molecule has 6 nitrogen and oxygen atoms in total. The second kappa shape index (κ2) is 3.44. The predicted molar refractivity (Wildman–Crippen MR) is 29.7 cm³/mol. The molecule has 0 saturated carbocycles. The highest BCUT2D eigenvalue weighted by molar-refractivity contribution is 5.95. The largest absolute Gasteiger partial charge is 0.478 e. The van der Waals surface area contributed by atoms with Crippen molar-refractivity contribution in [1.29, 1.82) is 0 Å². The first-order valence-corrected chi connectivity index (χ1v) is 2.17. The predicted octanol–water partition coefficient (Wildman–Crippen LogP) is -0.844. The van der Waals surface area contributed by atoms with E-state index < -0.39 is 18.0 Å². The van der Waals surface area contributed by atoms with Gasteiger partial charge in [-0.1, -0.05) is 0 Å². The van der Waals surface area contributed by atoms with Crippen molar-refractivity contribution in [3.63, 3.8) is 0 Å². The van der Waals surface area contributed by atoms with Gasteiger partial charge in [-0.3, -0.25) is 0 Å². The number of rotatable bonds is 4. The lowest BCUT2D eigenvalue weighted by Gasteiger charge is -2.02. The van der Waals surface area contributed by atoms with Gasteiger partial charge >= 0.3 is 18.0 Å². The fraction of sp³-hybridized carbons (Fsp3) is 0.250. The van der Waals surface area contributed by atoms with Crippen LogP contribution in [0, 0.1) is 0 Å². The SMILES string of the molecule is C=NOC(C(=O)O)C(=O)O. The maximum absolute atomic E-state index is 9.94. The molecule has 56 valence electrons. The highest BCUT2D eigenvalue weighted by Crippen LogP contribution is 1.91. The molecule has 0 aliphatic rings. The van der Waals surface area contributed by atoms with Gasteiger partial charge in [-0.25, -0.2) is 9.59 Å². The first-order chi connectivity index (χ1) is 4.59. The van der Waals surface area contributed by atoms with Crippen molar-refractivity contribution in [2.24, 2.45) is 5.16 Å². The number of carbonyl (C=O) groups is 2. The van der Waals surface area contributed by atoms with E-state index in [4.69, 9.17) is 10.2 Å². The van der Waals surface area contributed by atoms with Crippen LogP contribution in [0.5, 0.6) is 0 Å². The van der Waals surface area contributed by atoms with E-state index in [9.17, 15) is 9.59 Å². The molecule has 0 aliphatic carbocycles. The van der Waals surface area contributed by atoms with E-state index in [1.54, 1.807) is 0 Å². The molecule has 0 radical (unpaired) electrons. The Labute approximate surface area is 55.7 Å². The van der Waals surface area contributed by atoms with Crippen LogP contribution in [0.2, 0.25) is 0 Å². The molecular weight excluding hydrogens is 142 g/mol. The summed E-state index contributed by atoms with van der Waals surface area (Å²) in [5, 5.41) is 18.8. The first kappa shape index (κ1) is 8.41. The molecule has 10 heavy (non-hydrogen) atoms. The third-order valence-electron chi connectivity index (χ3n) is 0.629. The topological polar surface area (TPSA) is 96.2 Å². The summed E-state index contributed by atoms with van der Waals surface area (Å²) in [6, 6.07) is 0. The molecule has 2 N–H and O–H groups in total. The van der Waals surface area contributed by atoms with Gasteiger partial charge in [-0.15, -0.1) is 5.16 Å². The summed E-state index contributed by atoms with van der Waals surface area (Å²) >= 11 is 0. The molecule has 0 atom stereocenters. The Morgan fingerprint density at radius 3 is 1.90 bits per heavy atom. The Hall–Kier alpha value is -1.59. The maximum atomic E-state index is 9.94. The summed E-state index contributed by atoms with van der Waals surface area (Å²) in [5.74, 6) is -3.22. The molecule has 0 rings (SSSR count). The highest BCUT2D eigenvalue weighted by atomic mass is 16.7. The molecule has 0 unspecified atom stereocenters.